The van der Waals surface area contributed by atoms with Gasteiger partial charge in [-0.2, -0.15) is 0 Å². The van der Waals surface area contributed by atoms with Gasteiger partial charge in [-0.05, 0) is 78.0 Å². The predicted octanol–water partition coefficient (Wildman–Crippen LogP) is 6.17. The van der Waals surface area contributed by atoms with Gasteiger partial charge in [0.1, 0.15) is 0 Å². The molecule has 38 heavy (non-hydrogen) atoms. The van der Waals surface area contributed by atoms with Gasteiger partial charge < -0.3 is 9.47 Å². The minimum atomic E-state index is -4.00. The number of methoxy groups -OCH3 is 2. The van der Waals surface area contributed by atoms with Gasteiger partial charge in [-0.25, -0.2) is 8.42 Å². The molecule has 0 saturated heterocycles. The van der Waals surface area contributed by atoms with Crippen molar-refractivity contribution in [3.05, 3.63) is 52.0 Å². The van der Waals surface area contributed by atoms with E-state index in [1.165, 1.54) is 19.8 Å². The molecule has 6 nitrogen and oxygen atoms in total. The minimum Gasteiger partial charge on any atom is -0.468 e. The lowest BCUT2D eigenvalue weighted by molar-refractivity contribution is -0.169. The second-order valence-electron chi connectivity index (χ2n) is 12.2. The number of unbranched alkanes of at least 4 members (excludes halogenated alkanes) is 1. The highest BCUT2D eigenvalue weighted by Gasteiger charge is 2.78. The Balaban J connectivity index is 1.86. The Bertz CT molecular complexity index is 1300. The molecular formula is C31H40O6S. The number of hydrogen-bond donors (Lipinski definition) is 0. The number of carbonyl (C=O) groups is 2. The average molecular weight is 541 g/mol. The number of carbonyl (C=O) groups excluding carboxylic acids is 2. The molecule has 7 heteroatoms. The first-order chi connectivity index (χ1) is 18.0. The number of benzene rings is 1. The van der Waals surface area contributed by atoms with Crippen LogP contribution in [0.4, 0.5) is 0 Å². The second kappa shape index (κ2) is 9.35. The zero-order chi connectivity index (χ0) is 27.5. The summed E-state index contributed by atoms with van der Waals surface area (Å²) in [6.45, 7) is 6.74. The topological polar surface area (TPSA) is 86.7 Å². The first-order valence-corrected chi connectivity index (χ1v) is 15.4. The SMILES string of the molecule is CCCCC1=C2CC(C(=O)OC)(C(=O)OC)CC(S(=O)(=O)c3ccccc3)=C2[C@@H]2C(C)(C)[C@@]23CCCC[C@@H]13. The number of fused-ring (bicyclic) bond motifs is 2. The van der Waals surface area contributed by atoms with E-state index in [4.69, 9.17) is 9.47 Å². The van der Waals surface area contributed by atoms with Gasteiger partial charge in [0.2, 0.25) is 9.84 Å². The number of ether oxygens (including phenoxy) is 2. The first kappa shape index (κ1) is 27.2. The van der Waals surface area contributed by atoms with Crippen LogP contribution in [0.25, 0.3) is 0 Å². The summed E-state index contributed by atoms with van der Waals surface area (Å²) in [5.41, 5.74) is 1.28. The minimum absolute atomic E-state index is 0.0289. The third-order valence-electron chi connectivity index (χ3n) is 10.3. The van der Waals surface area contributed by atoms with Crippen LogP contribution in [-0.2, 0) is 28.9 Å². The van der Waals surface area contributed by atoms with Gasteiger partial charge in [-0.3, -0.25) is 9.59 Å². The highest BCUT2D eigenvalue weighted by Crippen LogP contribution is 2.83. The van der Waals surface area contributed by atoms with Gasteiger partial charge in [-0.15, -0.1) is 0 Å². The Morgan fingerprint density at radius 2 is 1.66 bits per heavy atom. The fraction of sp³-hybridized carbons (Fsp3) is 0.613. The van der Waals surface area contributed by atoms with E-state index in [0.29, 0.717) is 5.92 Å². The molecule has 5 rings (SSSR count). The Morgan fingerprint density at radius 3 is 2.26 bits per heavy atom. The molecule has 0 unspecified atom stereocenters. The Morgan fingerprint density at radius 1 is 1.00 bits per heavy atom. The zero-order valence-electron chi connectivity index (χ0n) is 23.3. The van der Waals surface area contributed by atoms with Gasteiger partial charge >= 0.3 is 11.9 Å². The summed E-state index contributed by atoms with van der Waals surface area (Å²) in [5.74, 6) is -1.04. The van der Waals surface area contributed by atoms with Crippen LogP contribution in [0.15, 0.2) is 56.9 Å². The second-order valence-corrected chi connectivity index (χ2v) is 14.1. The third-order valence-corrected chi connectivity index (χ3v) is 12.2. The molecule has 206 valence electrons. The van der Waals surface area contributed by atoms with E-state index in [1.54, 1.807) is 30.3 Å². The quantitative estimate of drug-likeness (QED) is 0.303. The lowest BCUT2D eigenvalue weighted by atomic mass is 9.59. The highest BCUT2D eigenvalue weighted by molar-refractivity contribution is 7.95. The largest absolute Gasteiger partial charge is 0.468 e. The van der Waals surface area contributed by atoms with Crippen LogP contribution in [-0.4, -0.2) is 34.6 Å². The summed E-state index contributed by atoms with van der Waals surface area (Å²) in [6.07, 6.45) is 7.18. The molecule has 0 aromatic heterocycles. The normalized spacial score (nSPS) is 29.1. The van der Waals surface area contributed by atoms with Crippen LogP contribution < -0.4 is 0 Å². The van der Waals surface area contributed by atoms with Crippen LogP contribution in [0.1, 0.15) is 78.6 Å². The molecule has 4 aliphatic rings. The molecule has 2 fully saturated rings. The van der Waals surface area contributed by atoms with Gasteiger partial charge in [0.05, 0.1) is 24.0 Å². The maximum Gasteiger partial charge on any atom is 0.323 e. The monoisotopic (exact) mass is 540 g/mol. The van der Waals surface area contributed by atoms with Crippen molar-refractivity contribution in [1.29, 1.82) is 0 Å². The lowest BCUT2D eigenvalue weighted by Gasteiger charge is -2.45. The summed E-state index contributed by atoms with van der Waals surface area (Å²) < 4.78 is 39.2. The van der Waals surface area contributed by atoms with E-state index >= 15 is 0 Å². The summed E-state index contributed by atoms with van der Waals surface area (Å²) in [6, 6.07) is 8.39. The molecule has 2 saturated carbocycles. The Hall–Kier alpha value is -2.41. The first-order valence-electron chi connectivity index (χ1n) is 14.0. The molecule has 0 N–H and O–H groups in total. The van der Waals surface area contributed by atoms with Crippen molar-refractivity contribution >= 4 is 21.8 Å². The van der Waals surface area contributed by atoms with Gasteiger partial charge in [-0.1, -0.05) is 63.8 Å². The van der Waals surface area contributed by atoms with Crippen molar-refractivity contribution in [2.24, 2.45) is 28.1 Å². The van der Waals surface area contributed by atoms with E-state index in [2.05, 4.69) is 20.8 Å². The van der Waals surface area contributed by atoms with Crippen LogP contribution in [0, 0.1) is 28.1 Å². The van der Waals surface area contributed by atoms with Crippen molar-refractivity contribution in [1.82, 2.24) is 0 Å². The van der Waals surface area contributed by atoms with Gasteiger partial charge in [0.15, 0.2) is 5.41 Å². The summed E-state index contributed by atoms with van der Waals surface area (Å²) >= 11 is 0. The highest BCUT2D eigenvalue weighted by atomic mass is 32.2. The van der Waals surface area contributed by atoms with Crippen molar-refractivity contribution in [3.8, 4) is 0 Å². The van der Waals surface area contributed by atoms with Gasteiger partial charge in [0.25, 0.3) is 0 Å². The standard InChI is InChI=1S/C31H40O6S/c1-6-7-15-21-22-18-30(27(32)36-4,28(33)37-5)19-24(38(34,35)20-13-9-8-10-14-20)25(22)26-29(2,3)31(26)17-12-11-16-23(21)31/h8-10,13-14,23,26H,6-7,11-12,15-19H2,1-5H3/t23-,26+,31+/m0/s1. The maximum atomic E-state index is 14.4. The molecule has 4 aliphatic carbocycles. The number of hydrogen-bond acceptors (Lipinski definition) is 6. The van der Waals surface area contributed by atoms with Crippen LogP contribution in [0.5, 0.6) is 0 Å². The Labute approximate surface area is 226 Å². The fourth-order valence-corrected chi connectivity index (χ4v) is 10.3. The molecule has 0 aliphatic heterocycles. The summed E-state index contributed by atoms with van der Waals surface area (Å²) in [4.78, 5) is 27.2. The molecular weight excluding hydrogens is 500 g/mol. The molecule has 1 aromatic carbocycles. The summed E-state index contributed by atoms with van der Waals surface area (Å²) in [5, 5.41) is 0. The predicted molar refractivity (Wildman–Crippen MR) is 145 cm³/mol. The van der Waals surface area contributed by atoms with E-state index in [1.807, 2.05) is 0 Å². The number of rotatable bonds is 7. The van der Waals surface area contributed by atoms with Gasteiger partial charge in [0, 0.05) is 6.42 Å². The van der Waals surface area contributed by atoms with E-state index in [9.17, 15) is 18.0 Å². The molecule has 1 aromatic rings. The van der Waals surface area contributed by atoms with Crippen LogP contribution in [0.3, 0.4) is 0 Å². The maximum absolute atomic E-state index is 14.4. The van der Waals surface area contributed by atoms with Crippen LogP contribution >= 0.6 is 0 Å². The zero-order valence-corrected chi connectivity index (χ0v) is 24.1. The molecule has 0 radical (unpaired) electrons. The van der Waals surface area contributed by atoms with Crippen molar-refractivity contribution < 1.29 is 27.5 Å². The third kappa shape index (κ3) is 3.53. The lowest BCUT2D eigenvalue weighted by Crippen LogP contribution is -2.46. The molecule has 3 atom stereocenters. The average Bonchev–Trinajstić information content (AvgIpc) is 3.42. The van der Waals surface area contributed by atoms with Crippen LogP contribution in [0.2, 0.25) is 0 Å². The smallest absolute Gasteiger partial charge is 0.323 e. The number of allylic oxidation sites excluding steroid dienone is 4. The number of sulfone groups is 1. The fourth-order valence-electron chi connectivity index (χ4n) is 8.57. The molecule has 0 bridgehead atoms. The molecule has 0 amide bonds. The molecule has 1 spiro atoms. The van der Waals surface area contributed by atoms with Crippen molar-refractivity contribution in [3.63, 3.8) is 0 Å². The van der Waals surface area contributed by atoms with Crippen molar-refractivity contribution in [2.45, 2.75) is 83.5 Å². The van der Waals surface area contributed by atoms with E-state index in [-0.39, 0.29) is 39.4 Å². The van der Waals surface area contributed by atoms with E-state index in [0.717, 1.165) is 56.1 Å². The molecule has 0 heterocycles. The summed E-state index contributed by atoms with van der Waals surface area (Å²) in [7, 11) is -1.50. The number of esters is 2. The van der Waals surface area contributed by atoms with E-state index < -0.39 is 27.2 Å². The Kier molecular flexibility index (Phi) is 6.69. The van der Waals surface area contributed by atoms with Crippen molar-refractivity contribution in [2.75, 3.05) is 14.2 Å².